The van der Waals surface area contributed by atoms with Crippen LogP contribution in [0.4, 0.5) is 5.69 Å². The maximum atomic E-state index is 12.1. The van der Waals surface area contributed by atoms with E-state index in [-0.39, 0.29) is 0 Å². The first-order valence-electron chi connectivity index (χ1n) is 10.1. The number of fused-ring (bicyclic) bond motifs is 1. The highest BCUT2D eigenvalue weighted by molar-refractivity contribution is 6.30. The molecule has 148 valence electrons. The lowest BCUT2D eigenvalue weighted by Gasteiger charge is -2.45. The molecular formula is C23H28ClN3O. The maximum Gasteiger partial charge on any atom is 0.194 e. The van der Waals surface area contributed by atoms with Crippen LogP contribution in [0.1, 0.15) is 42.9 Å². The summed E-state index contributed by atoms with van der Waals surface area (Å²) in [4.78, 5) is 9.29. The number of hydrogen-bond donors (Lipinski definition) is 1. The molecular weight excluding hydrogens is 370 g/mol. The van der Waals surface area contributed by atoms with Crippen molar-refractivity contribution in [3.8, 4) is 0 Å². The van der Waals surface area contributed by atoms with Gasteiger partial charge in [-0.1, -0.05) is 47.9 Å². The van der Waals surface area contributed by atoms with E-state index in [4.69, 9.17) is 16.6 Å². The fraction of sp³-hybridized carbons (Fsp3) is 0.435. The van der Waals surface area contributed by atoms with E-state index < -0.39 is 5.72 Å². The van der Waals surface area contributed by atoms with Gasteiger partial charge in [0.1, 0.15) is 5.84 Å². The minimum absolute atomic E-state index is 0.607. The molecule has 2 aromatic carbocycles. The number of amidine groups is 1. The molecule has 0 unspecified atom stereocenters. The van der Waals surface area contributed by atoms with E-state index in [2.05, 4.69) is 11.8 Å². The predicted octanol–water partition coefficient (Wildman–Crippen LogP) is 4.69. The molecule has 0 radical (unpaired) electrons. The minimum atomic E-state index is -1.28. The Bertz CT molecular complexity index is 874. The number of rotatable bonds is 4. The Labute approximate surface area is 172 Å². The monoisotopic (exact) mass is 397 g/mol. The fourth-order valence-corrected chi connectivity index (χ4v) is 4.52. The number of piperidine rings is 1. The van der Waals surface area contributed by atoms with Crippen LogP contribution in [0.25, 0.3) is 0 Å². The minimum Gasteiger partial charge on any atom is -0.363 e. The van der Waals surface area contributed by atoms with E-state index in [1.807, 2.05) is 54.3 Å². The van der Waals surface area contributed by atoms with Crippen LogP contribution in [0.3, 0.4) is 0 Å². The lowest BCUT2D eigenvalue weighted by molar-refractivity contribution is -0.0437. The van der Waals surface area contributed by atoms with Crippen molar-refractivity contribution in [2.75, 3.05) is 26.2 Å². The molecule has 2 aromatic rings. The van der Waals surface area contributed by atoms with Gasteiger partial charge in [-0.15, -0.1) is 0 Å². The molecule has 0 saturated carbocycles. The van der Waals surface area contributed by atoms with Crippen molar-refractivity contribution in [1.29, 1.82) is 0 Å². The molecule has 0 bridgehead atoms. The molecule has 1 saturated heterocycles. The Morgan fingerprint density at radius 2 is 1.71 bits per heavy atom. The van der Waals surface area contributed by atoms with Crippen molar-refractivity contribution in [2.45, 2.75) is 38.8 Å². The van der Waals surface area contributed by atoms with E-state index in [1.54, 1.807) is 0 Å². The van der Waals surface area contributed by atoms with Crippen LogP contribution >= 0.6 is 11.6 Å². The zero-order valence-corrected chi connectivity index (χ0v) is 17.4. The van der Waals surface area contributed by atoms with Crippen LogP contribution in [0.15, 0.2) is 47.5 Å². The summed E-state index contributed by atoms with van der Waals surface area (Å²) in [5, 5.41) is 12.7. The van der Waals surface area contributed by atoms with Gasteiger partial charge in [-0.2, -0.15) is 0 Å². The zero-order chi connectivity index (χ0) is 19.7. The summed E-state index contributed by atoms with van der Waals surface area (Å²) in [6, 6.07) is 13.7. The zero-order valence-electron chi connectivity index (χ0n) is 16.7. The van der Waals surface area contributed by atoms with Crippen LogP contribution in [-0.4, -0.2) is 46.9 Å². The lowest BCUT2D eigenvalue weighted by Crippen LogP contribution is -2.53. The van der Waals surface area contributed by atoms with Crippen molar-refractivity contribution in [1.82, 2.24) is 9.80 Å². The molecule has 4 nitrogen and oxygen atoms in total. The largest absolute Gasteiger partial charge is 0.363 e. The summed E-state index contributed by atoms with van der Waals surface area (Å²) < 4.78 is 0. The Kier molecular flexibility index (Phi) is 5.46. The quantitative estimate of drug-likeness (QED) is 0.813. The number of halogens is 1. The standard InChI is InChI=1S/C23H28ClN3O/c1-17-6-8-19(9-7-17)23(28)21-16-20(24)10-11-22(21)25-18(2)27(23)15-14-26-12-4-3-5-13-26/h6-11,16,28H,3-5,12-15H2,1-2H3/t23-/m0/s1. The summed E-state index contributed by atoms with van der Waals surface area (Å²) in [7, 11) is 0. The van der Waals surface area contributed by atoms with Crippen molar-refractivity contribution in [2.24, 2.45) is 4.99 Å². The first-order valence-corrected chi connectivity index (χ1v) is 10.5. The van der Waals surface area contributed by atoms with Gasteiger partial charge in [0.05, 0.1) is 5.69 Å². The Hall–Kier alpha value is -1.88. The van der Waals surface area contributed by atoms with Crippen LogP contribution in [0, 0.1) is 6.92 Å². The number of likely N-dealkylation sites (tertiary alicyclic amines) is 1. The smallest absolute Gasteiger partial charge is 0.194 e. The van der Waals surface area contributed by atoms with Gasteiger partial charge in [0.2, 0.25) is 0 Å². The van der Waals surface area contributed by atoms with Gasteiger partial charge < -0.3 is 14.9 Å². The van der Waals surface area contributed by atoms with Crippen molar-refractivity contribution < 1.29 is 5.11 Å². The summed E-state index contributed by atoms with van der Waals surface area (Å²) in [6.07, 6.45) is 3.83. The molecule has 2 aliphatic heterocycles. The van der Waals surface area contributed by atoms with Gasteiger partial charge >= 0.3 is 0 Å². The van der Waals surface area contributed by atoms with E-state index in [0.717, 1.165) is 42.3 Å². The molecule has 5 heteroatoms. The van der Waals surface area contributed by atoms with Gasteiger partial charge in [0, 0.05) is 29.2 Å². The number of nitrogens with zero attached hydrogens (tertiary/aromatic N) is 3. The number of aliphatic imine (C=N–C) groups is 1. The lowest BCUT2D eigenvalue weighted by atomic mass is 9.89. The highest BCUT2D eigenvalue weighted by Crippen LogP contribution is 2.43. The van der Waals surface area contributed by atoms with Crippen LogP contribution in [0.5, 0.6) is 0 Å². The molecule has 0 amide bonds. The van der Waals surface area contributed by atoms with Crippen molar-refractivity contribution in [3.63, 3.8) is 0 Å². The Morgan fingerprint density at radius 1 is 1.00 bits per heavy atom. The first kappa shape index (κ1) is 19.4. The SMILES string of the molecule is CC1=Nc2ccc(Cl)cc2[C@@](O)(c2ccc(C)cc2)N1CCN1CCCCC1. The third kappa shape index (κ3) is 3.57. The summed E-state index contributed by atoms with van der Waals surface area (Å²) in [5.41, 5.74) is 2.25. The molecule has 2 heterocycles. The number of aryl methyl sites for hydroxylation is 1. The molecule has 1 N–H and O–H groups in total. The van der Waals surface area contributed by atoms with Gasteiger partial charge in [-0.3, -0.25) is 0 Å². The van der Waals surface area contributed by atoms with Gasteiger partial charge in [-0.25, -0.2) is 4.99 Å². The fourth-order valence-electron chi connectivity index (χ4n) is 4.34. The molecule has 28 heavy (non-hydrogen) atoms. The highest BCUT2D eigenvalue weighted by atomic mass is 35.5. The average molecular weight is 398 g/mol. The van der Waals surface area contributed by atoms with Crippen molar-refractivity contribution >= 4 is 23.1 Å². The Balaban J connectivity index is 1.75. The normalized spacial score (nSPS) is 22.7. The summed E-state index contributed by atoms with van der Waals surface area (Å²) in [6.45, 7) is 7.93. The average Bonchev–Trinajstić information content (AvgIpc) is 2.70. The predicted molar refractivity (Wildman–Crippen MR) is 115 cm³/mol. The van der Waals surface area contributed by atoms with E-state index >= 15 is 0 Å². The third-order valence-corrected chi connectivity index (χ3v) is 6.18. The van der Waals surface area contributed by atoms with E-state index in [9.17, 15) is 5.11 Å². The molecule has 0 spiro atoms. The van der Waals surface area contributed by atoms with E-state index in [1.165, 1.54) is 24.8 Å². The molecule has 0 aromatic heterocycles. The molecule has 1 atom stereocenters. The second-order valence-electron chi connectivity index (χ2n) is 7.91. The maximum absolute atomic E-state index is 12.1. The van der Waals surface area contributed by atoms with E-state index in [0.29, 0.717) is 11.6 Å². The Morgan fingerprint density at radius 3 is 2.43 bits per heavy atom. The second-order valence-corrected chi connectivity index (χ2v) is 8.35. The number of benzene rings is 2. The van der Waals surface area contributed by atoms with Crippen LogP contribution in [-0.2, 0) is 5.72 Å². The van der Waals surface area contributed by atoms with Crippen LogP contribution < -0.4 is 0 Å². The molecule has 0 aliphatic carbocycles. The summed E-state index contributed by atoms with van der Waals surface area (Å²) in [5.74, 6) is 0.829. The van der Waals surface area contributed by atoms with Gasteiger partial charge in [0.15, 0.2) is 5.72 Å². The van der Waals surface area contributed by atoms with Gasteiger partial charge in [-0.05, 0) is 58.0 Å². The topological polar surface area (TPSA) is 39.1 Å². The molecule has 4 rings (SSSR count). The third-order valence-electron chi connectivity index (χ3n) is 5.94. The molecule has 1 fully saturated rings. The van der Waals surface area contributed by atoms with Gasteiger partial charge in [0.25, 0.3) is 0 Å². The number of hydrogen-bond acceptors (Lipinski definition) is 4. The second kappa shape index (κ2) is 7.86. The first-order chi connectivity index (χ1) is 13.5. The van der Waals surface area contributed by atoms with Crippen LogP contribution in [0.2, 0.25) is 5.02 Å². The molecule has 2 aliphatic rings. The highest BCUT2D eigenvalue weighted by Gasteiger charge is 2.43. The number of aliphatic hydroxyl groups is 1. The van der Waals surface area contributed by atoms with Crippen molar-refractivity contribution in [3.05, 3.63) is 64.2 Å². The summed E-state index contributed by atoms with van der Waals surface area (Å²) >= 11 is 6.31.